The van der Waals surface area contributed by atoms with Crippen molar-refractivity contribution in [2.24, 2.45) is 11.8 Å². The summed E-state index contributed by atoms with van der Waals surface area (Å²) in [6.45, 7) is 4.11. The molecule has 2 fully saturated rings. The monoisotopic (exact) mass is 224 g/mol. The Labute approximate surface area is 96.4 Å². The van der Waals surface area contributed by atoms with Crippen LogP contribution in [0, 0.1) is 11.8 Å². The van der Waals surface area contributed by atoms with E-state index in [-0.39, 0.29) is 11.8 Å². The van der Waals surface area contributed by atoms with E-state index >= 15 is 0 Å². The number of nitrogens with zero attached hydrogens (tertiary/aromatic N) is 1. The van der Waals surface area contributed by atoms with Crippen LogP contribution in [0.5, 0.6) is 0 Å². The molecule has 4 nitrogen and oxygen atoms in total. The molecule has 0 unspecified atom stereocenters. The molecule has 0 bridgehead atoms. The molecule has 4 heteroatoms. The van der Waals surface area contributed by atoms with Crippen molar-refractivity contribution in [1.29, 1.82) is 0 Å². The van der Waals surface area contributed by atoms with E-state index < -0.39 is 0 Å². The van der Waals surface area contributed by atoms with Crippen molar-refractivity contribution in [3.8, 4) is 0 Å². The average molecular weight is 224 g/mol. The summed E-state index contributed by atoms with van der Waals surface area (Å²) >= 11 is 0. The number of rotatable bonds is 3. The van der Waals surface area contributed by atoms with E-state index in [9.17, 15) is 9.59 Å². The molecular formula is C12H20N2O2. The highest BCUT2D eigenvalue weighted by molar-refractivity contribution is 5.80. The van der Waals surface area contributed by atoms with Gasteiger partial charge in [0.2, 0.25) is 11.8 Å². The lowest BCUT2D eigenvalue weighted by atomic mass is 9.97. The maximum Gasteiger partial charge on any atom is 0.223 e. The molecule has 0 aromatic heterocycles. The summed E-state index contributed by atoms with van der Waals surface area (Å²) in [4.78, 5) is 24.5. The van der Waals surface area contributed by atoms with Crippen molar-refractivity contribution in [2.75, 3.05) is 19.6 Å². The highest BCUT2D eigenvalue weighted by atomic mass is 16.2. The molecule has 2 aliphatic rings. The lowest BCUT2D eigenvalue weighted by Crippen LogP contribution is -2.40. The van der Waals surface area contributed by atoms with Crippen LogP contribution in [0.1, 0.15) is 32.6 Å². The first kappa shape index (κ1) is 11.4. The molecule has 1 saturated carbocycles. The molecule has 1 N–H and O–H groups in total. The molecule has 0 atom stereocenters. The van der Waals surface area contributed by atoms with Crippen molar-refractivity contribution < 1.29 is 9.59 Å². The third kappa shape index (κ3) is 2.97. The molecule has 2 rings (SSSR count). The second kappa shape index (κ2) is 4.85. The van der Waals surface area contributed by atoms with E-state index in [2.05, 4.69) is 5.32 Å². The molecule has 1 aliphatic heterocycles. The topological polar surface area (TPSA) is 49.4 Å². The van der Waals surface area contributed by atoms with Crippen molar-refractivity contribution >= 4 is 11.8 Å². The predicted molar refractivity (Wildman–Crippen MR) is 60.7 cm³/mol. The van der Waals surface area contributed by atoms with Crippen LogP contribution in [-0.4, -0.2) is 36.3 Å². The zero-order chi connectivity index (χ0) is 11.5. The number of likely N-dealkylation sites (tertiary alicyclic amines) is 1. The lowest BCUT2D eigenvalue weighted by molar-refractivity contribution is -0.130. The van der Waals surface area contributed by atoms with Crippen molar-refractivity contribution in [1.82, 2.24) is 10.2 Å². The van der Waals surface area contributed by atoms with Gasteiger partial charge in [-0.1, -0.05) is 0 Å². The Balaban J connectivity index is 1.64. The van der Waals surface area contributed by atoms with Crippen molar-refractivity contribution in [2.45, 2.75) is 32.6 Å². The van der Waals surface area contributed by atoms with Gasteiger partial charge in [-0.3, -0.25) is 9.59 Å². The third-order valence-corrected chi connectivity index (χ3v) is 3.57. The molecule has 90 valence electrons. The molecule has 0 radical (unpaired) electrons. The summed E-state index contributed by atoms with van der Waals surface area (Å²) in [6.07, 6.45) is 4.16. The standard InChI is InChI=1S/C12H20N2O2/c1-9(15)14-6-4-10(5-7-14)8-13-12(16)11-2-3-11/h10-11H,2-8H2,1H3,(H,13,16). The van der Waals surface area contributed by atoms with E-state index in [1.807, 2.05) is 4.90 Å². The predicted octanol–water partition coefficient (Wildman–Crippen LogP) is 0.771. The molecule has 1 aliphatic carbocycles. The Hall–Kier alpha value is -1.06. The van der Waals surface area contributed by atoms with Gasteiger partial charge < -0.3 is 10.2 Å². The molecule has 16 heavy (non-hydrogen) atoms. The van der Waals surface area contributed by atoms with Gasteiger partial charge in [-0.25, -0.2) is 0 Å². The fraction of sp³-hybridized carbons (Fsp3) is 0.833. The smallest absolute Gasteiger partial charge is 0.223 e. The zero-order valence-corrected chi connectivity index (χ0v) is 9.87. The quantitative estimate of drug-likeness (QED) is 0.770. The first-order valence-corrected chi connectivity index (χ1v) is 6.20. The van der Waals surface area contributed by atoms with E-state index in [0.717, 1.165) is 45.3 Å². The number of hydrogen-bond donors (Lipinski definition) is 1. The van der Waals surface area contributed by atoms with Gasteiger partial charge in [0.15, 0.2) is 0 Å². The van der Waals surface area contributed by atoms with E-state index in [0.29, 0.717) is 11.8 Å². The van der Waals surface area contributed by atoms with Crippen LogP contribution < -0.4 is 5.32 Å². The third-order valence-electron chi connectivity index (χ3n) is 3.57. The molecule has 1 saturated heterocycles. The molecular weight excluding hydrogens is 204 g/mol. The molecule has 0 aromatic rings. The van der Waals surface area contributed by atoms with Crippen LogP contribution in [0.4, 0.5) is 0 Å². The van der Waals surface area contributed by atoms with E-state index in [1.54, 1.807) is 6.92 Å². The first-order valence-electron chi connectivity index (χ1n) is 6.20. The van der Waals surface area contributed by atoms with Gasteiger partial charge in [-0.05, 0) is 31.6 Å². The van der Waals surface area contributed by atoms with Crippen LogP contribution in [0.25, 0.3) is 0 Å². The second-order valence-electron chi connectivity index (χ2n) is 4.97. The van der Waals surface area contributed by atoms with Gasteiger partial charge in [-0.15, -0.1) is 0 Å². The van der Waals surface area contributed by atoms with Crippen LogP contribution >= 0.6 is 0 Å². The zero-order valence-electron chi connectivity index (χ0n) is 9.87. The average Bonchev–Trinajstić information content (AvgIpc) is 3.10. The molecule has 0 aromatic carbocycles. The summed E-state index contributed by atoms with van der Waals surface area (Å²) in [6, 6.07) is 0. The van der Waals surface area contributed by atoms with Gasteiger partial charge in [0.1, 0.15) is 0 Å². The number of carbonyl (C=O) groups is 2. The molecule has 1 heterocycles. The van der Waals surface area contributed by atoms with E-state index in [1.165, 1.54) is 0 Å². The number of carbonyl (C=O) groups excluding carboxylic acids is 2. The number of amides is 2. The number of piperidine rings is 1. The van der Waals surface area contributed by atoms with Crippen LogP contribution in [-0.2, 0) is 9.59 Å². The summed E-state index contributed by atoms with van der Waals surface area (Å²) < 4.78 is 0. The SMILES string of the molecule is CC(=O)N1CCC(CNC(=O)C2CC2)CC1. The van der Waals surface area contributed by atoms with Gasteiger partial charge in [0.05, 0.1) is 0 Å². The fourth-order valence-electron chi connectivity index (χ4n) is 2.19. The Kier molecular flexibility index (Phi) is 3.46. The highest BCUT2D eigenvalue weighted by Crippen LogP contribution is 2.29. The molecule has 2 amide bonds. The minimum Gasteiger partial charge on any atom is -0.356 e. The Morgan fingerprint density at radius 2 is 1.81 bits per heavy atom. The normalized spacial score (nSPS) is 21.9. The summed E-state index contributed by atoms with van der Waals surface area (Å²) in [5.74, 6) is 1.25. The van der Waals surface area contributed by atoms with Gasteiger partial charge in [0, 0.05) is 32.5 Å². The summed E-state index contributed by atoms with van der Waals surface area (Å²) in [5, 5.41) is 3.02. The van der Waals surface area contributed by atoms with Gasteiger partial charge in [0.25, 0.3) is 0 Å². The highest BCUT2D eigenvalue weighted by Gasteiger charge is 2.30. The minimum absolute atomic E-state index is 0.167. The maximum atomic E-state index is 11.4. The van der Waals surface area contributed by atoms with Crippen molar-refractivity contribution in [3.63, 3.8) is 0 Å². The summed E-state index contributed by atoms with van der Waals surface area (Å²) in [5.41, 5.74) is 0. The van der Waals surface area contributed by atoms with Crippen LogP contribution in [0.3, 0.4) is 0 Å². The second-order valence-corrected chi connectivity index (χ2v) is 4.97. The van der Waals surface area contributed by atoms with Gasteiger partial charge in [-0.2, -0.15) is 0 Å². The summed E-state index contributed by atoms with van der Waals surface area (Å²) in [7, 11) is 0. The van der Waals surface area contributed by atoms with Crippen LogP contribution in [0.15, 0.2) is 0 Å². The van der Waals surface area contributed by atoms with Crippen LogP contribution in [0.2, 0.25) is 0 Å². The number of nitrogens with one attached hydrogen (secondary N) is 1. The van der Waals surface area contributed by atoms with Crippen molar-refractivity contribution in [3.05, 3.63) is 0 Å². The maximum absolute atomic E-state index is 11.4. The lowest BCUT2D eigenvalue weighted by Gasteiger charge is -2.31. The largest absolute Gasteiger partial charge is 0.356 e. The Morgan fingerprint density at radius 1 is 1.19 bits per heavy atom. The Morgan fingerprint density at radius 3 is 2.31 bits per heavy atom. The first-order chi connectivity index (χ1) is 7.66. The fourth-order valence-corrected chi connectivity index (χ4v) is 2.19. The minimum atomic E-state index is 0.167. The number of hydrogen-bond acceptors (Lipinski definition) is 2. The molecule has 0 spiro atoms. The van der Waals surface area contributed by atoms with E-state index in [4.69, 9.17) is 0 Å². The van der Waals surface area contributed by atoms with Gasteiger partial charge >= 0.3 is 0 Å². The Bertz CT molecular complexity index is 279.